The van der Waals surface area contributed by atoms with Crippen LogP contribution in [0.25, 0.3) is 0 Å². The van der Waals surface area contributed by atoms with Gasteiger partial charge in [0.2, 0.25) is 0 Å². The molecule has 2 aromatic rings. The highest BCUT2D eigenvalue weighted by Gasteiger charge is 2.24. The van der Waals surface area contributed by atoms with E-state index in [-0.39, 0.29) is 0 Å². The van der Waals surface area contributed by atoms with Crippen molar-refractivity contribution in [2.24, 2.45) is 10.9 Å². The third-order valence-corrected chi connectivity index (χ3v) is 6.13. The van der Waals surface area contributed by atoms with Crippen molar-refractivity contribution in [1.82, 2.24) is 15.2 Å². The fourth-order valence-corrected chi connectivity index (χ4v) is 4.70. The highest BCUT2D eigenvalue weighted by Crippen LogP contribution is 2.21. The van der Waals surface area contributed by atoms with E-state index in [0.29, 0.717) is 5.92 Å². The minimum atomic E-state index is 0.713. The summed E-state index contributed by atoms with van der Waals surface area (Å²) in [5.41, 5.74) is 2.69. The topological polar surface area (TPSA) is 40.5 Å². The lowest BCUT2D eigenvalue weighted by Gasteiger charge is -2.21. The Labute approximate surface area is 161 Å². The van der Waals surface area contributed by atoms with Crippen LogP contribution in [0.2, 0.25) is 0 Å². The summed E-state index contributed by atoms with van der Waals surface area (Å²) >= 11 is 1.83. The number of hydrogen-bond donors (Lipinski definition) is 1. The first-order chi connectivity index (χ1) is 12.7. The molecular formula is C21H30N4S. The molecular weight excluding hydrogens is 340 g/mol. The maximum Gasteiger partial charge on any atom is 0.193 e. The van der Waals surface area contributed by atoms with Crippen LogP contribution in [0, 0.1) is 12.8 Å². The second kappa shape index (κ2) is 9.17. The van der Waals surface area contributed by atoms with Gasteiger partial charge in [-0.3, -0.25) is 4.99 Å². The van der Waals surface area contributed by atoms with E-state index in [0.717, 1.165) is 44.9 Å². The van der Waals surface area contributed by atoms with Gasteiger partial charge in [-0.2, -0.15) is 0 Å². The number of hydrogen-bond acceptors (Lipinski definition) is 3. The van der Waals surface area contributed by atoms with E-state index in [2.05, 4.69) is 59.4 Å². The molecule has 4 nitrogen and oxygen atoms in total. The average Bonchev–Trinajstić information content (AvgIpc) is 3.26. The van der Waals surface area contributed by atoms with Crippen LogP contribution in [0.3, 0.4) is 0 Å². The zero-order valence-electron chi connectivity index (χ0n) is 16.2. The number of aliphatic imine (C=N–C) groups is 1. The highest BCUT2D eigenvalue weighted by atomic mass is 32.1. The van der Waals surface area contributed by atoms with Gasteiger partial charge in [0.05, 0.1) is 10.7 Å². The second-order valence-electron chi connectivity index (χ2n) is 6.98. The monoisotopic (exact) mass is 370 g/mol. The average molecular weight is 371 g/mol. The molecule has 1 fully saturated rings. The van der Waals surface area contributed by atoms with Crippen LogP contribution >= 0.6 is 11.3 Å². The number of benzene rings is 1. The summed E-state index contributed by atoms with van der Waals surface area (Å²) < 4.78 is 0. The van der Waals surface area contributed by atoms with Gasteiger partial charge >= 0.3 is 0 Å². The number of thiazole rings is 1. The predicted molar refractivity (Wildman–Crippen MR) is 111 cm³/mol. The van der Waals surface area contributed by atoms with E-state index >= 15 is 0 Å². The van der Waals surface area contributed by atoms with Crippen LogP contribution in [0.15, 0.2) is 35.3 Å². The molecule has 1 unspecified atom stereocenters. The van der Waals surface area contributed by atoms with Gasteiger partial charge in [-0.15, -0.1) is 11.3 Å². The number of likely N-dealkylation sites (tertiary alicyclic amines) is 1. The van der Waals surface area contributed by atoms with Crippen molar-refractivity contribution < 1.29 is 0 Å². The zero-order valence-corrected chi connectivity index (χ0v) is 17.0. The van der Waals surface area contributed by atoms with E-state index < -0.39 is 0 Å². The largest absolute Gasteiger partial charge is 0.356 e. The second-order valence-corrected chi connectivity index (χ2v) is 8.27. The molecule has 1 atom stereocenters. The molecule has 1 aliphatic heterocycles. The van der Waals surface area contributed by atoms with Gasteiger partial charge < -0.3 is 10.2 Å². The summed E-state index contributed by atoms with van der Waals surface area (Å²) in [5.74, 6) is 1.74. The van der Waals surface area contributed by atoms with Gasteiger partial charge in [0, 0.05) is 38.0 Å². The third kappa shape index (κ3) is 4.85. The third-order valence-electron chi connectivity index (χ3n) is 5.06. The van der Waals surface area contributed by atoms with Crippen LogP contribution in [-0.2, 0) is 19.3 Å². The molecule has 1 aromatic carbocycles. The minimum Gasteiger partial charge on any atom is -0.356 e. The summed E-state index contributed by atoms with van der Waals surface area (Å²) in [6.07, 6.45) is 4.38. The Morgan fingerprint density at radius 1 is 1.35 bits per heavy atom. The van der Waals surface area contributed by atoms with Crippen LogP contribution in [0.5, 0.6) is 0 Å². The Hall–Kier alpha value is -1.88. The summed E-state index contributed by atoms with van der Waals surface area (Å²) in [4.78, 5) is 13.0. The first-order valence-electron chi connectivity index (χ1n) is 9.64. The fourth-order valence-electron chi connectivity index (χ4n) is 3.68. The number of aromatic nitrogens is 1. The van der Waals surface area contributed by atoms with Gasteiger partial charge in [0.25, 0.3) is 0 Å². The van der Waals surface area contributed by atoms with E-state index in [1.807, 2.05) is 18.4 Å². The van der Waals surface area contributed by atoms with Crippen molar-refractivity contribution in [3.63, 3.8) is 0 Å². The molecule has 1 saturated heterocycles. The maximum absolute atomic E-state index is 4.73. The van der Waals surface area contributed by atoms with Gasteiger partial charge in [0.1, 0.15) is 0 Å². The van der Waals surface area contributed by atoms with Crippen LogP contribution in [0.4, 0.5) is 0 Å². The fraction of sp³-hybridized carbons (Fsp3) is 0.524. The normalized spacial score (nSPS) is 17.7. The van der Waals surface area contributed by atoms with Crippen molar-refractivity contribution in [3.05, 3.63) is 51.5 Å². The quantitative estimate of drug-likeness (QED) is 0.623. The molecule has 5 heteroatoms. The number of rotatable bonds is 6. The minimum absolute atomic E-state index is 0.713. The molecule has 3 rings (SSSR count). The molecule has 1 aliphatic rings. The maximum atomic E-state index is 4.73. The van der Waals surface area contributed by atoms with Crippen LogP contribution in [-0.4, -0.2) is 42.5 Å². The SMILES string of the molecule is CCc1nc(CCNC(=NC)N2CCC(Cc3ccccc3)C2)sc1C. The summed E-state index contributed by atoms with van der Waals surface area (Å²) in [5, 5.41) is 4.76. The van der Waals surface area contributed by atoms with Crippen molar-refractivity contribution in [3.8, 4) is 0 Å². The van der Waals surface area contributed by atoms with Gasteiger partial charge in [-0.1, -0.05) is 37.3 Å². The van der Waals surface area contributed by atoms with E-state index in [9.17, 15) is 0 Å². The molecule has 0 bridgehead atoms. The molecule has 140 valence electrons. The Balaban J connectivity index is 1.47. The lowest BCUT2D eigenvalue weighted by atomic mass is 9.99. The van der Waals surface area contributed by atoms with Crippen molar-refractivity contribution in [2.45, 2.75) is 39.5 Å². The van der Waals surface area contributed by atoms with Crippen LogP contribution < -0.4 is 5.32 Å². The number of guanidine groups is 1. The number of aryl methyl sites for hydroxylation is 2. The number of nitrogens with zero attached hydrogens (tertiary/aromatic N) is 3. The number of nitrogens with one attached hydrogen (secondary N) is 1. The van der Waals surface area contributed by atoms with Crippen LogP contribution in [0.1, 0.15) is 34.5 Å². The summed E-state index contributed by atoms with van der Waals surface area (Å²) in [6, 6.07) is 10.8. The first kappa shape index (κ1) is 18.9. The molecule has 26 heavy (non-hydrogen) atoms. The Kier molecular flexibility index (Phi) is 6.67. The van der Waals surface area contributed by atoms with Gasteiger partial charge in [-0.25, -0.2) is 4.98 Å². The van der Waals surface area contributed by atoms with Crippen molar-refractivity contribution in [2.75, 3.05) is 26.7 Å². The first-order valence-corrected chi connectivity index (χ1v) is 10.5. The van der Waals surface area contributed by atoms with Crippen molar-refractivity contribution >= 4 is 17.3 Å². The van der Waals surface area contributed by atoms with Crippen molar-refractivity contribution in [1.29, 1.82) is 0 Å². The lowest BCUT2D eigenvalue weighted by Crippen LogP contribution is -2.41. The van der Waals surface area contributed by atoms with E-state index in [1.165, 1.54) is 27.6 Å². The van der Waals surface area contributed by atoms with E-state index in [1.54, 1.807) is 0 Å². The molecule has 0 amide bonds. The Bertz CT molecular complexity index is 723. The Morgan fingerprint density at radius 2 is 2.15 bits per heavy atom. The lowest BCUT2D eigenvalue weighted by molar-refractivity contribution is 0.460. The summed E-state index contributed by atoms with van der Waals surface area (Å²) in [6.45, 7) is 7.41. The molecule has 0 spiro atoms. The molecule has 2 heterocycles. The molecule has 0 radical (unpaired) electrons. The Morgan fingerprint density at radius 3 is 2.85 bits per heavy atom. The standard InChI is InChI=1S/C21H30N4S/c1-4-19-16(2)26-20(24-19)10-12-23-21(22-3)25-13-11-18(15-25)14-17-8-6-5-7-9-17/h5-9,18H,4,10-15H2,1-3H3,(H,22,23). The summed E-state index contributed by atoms with van der Waals surface area (Å²) in [7, 11) is 1.88. The molecule has 0 saturated carbocycles. The smallest absolute Gasteiger partial charge is 0.193 e. The highest BCUT2D eigenvalue weighted by molar-refractivity contribution is 7.11. The van der Waals surface area contributed by atoms with Gasteiger partial charge in [-0.05, 0) is 37.7 Å². The molecule has 0 aliphatic carbocycles. The van der Waals surface area contributed by atoms with E-state index in [4.69, 9.17) is 4.98 Å². The zero-order chi connectivity index (χ0) is 18.4. The molecule has 1 N–H and O–H groups in total. The van der Waals surface area contributed by atoms with Gasteiger partial charge in [0.15, 0.2) is 5.96 Å². The predicted octanol–water partition coefficient (Wildman–Crippen LogP) is 3.70. The molecule has 1 aromatic heterocycles.